The molecule has 8 nitrogen and oxygen atoms in total. The van der Waals surface area contributed by atoms with Crippen LogP contribution in [0.15, 0.2) is 54.2 Å². The van der Waals surface area contributed by atoms with E-state index in [2.05, 4.69) is 15.6 Å². The number of carbonyl (C=O) groups excluding carboxylic acids is 2. The summed E-state index contributed by atoms with van der Waals surface area (Å²) >= 11 is 0. The lowest BCUT2D eigenvalue weighted by molar-refractivity contribution is -0.153. The van der Waals surface area contributed by atoms with Crippen molar-refractivity contribution in [3.63, 3.8) is 0 Å². The number of halogens is 3. The van der Waals surface area contributed by atoms with Crippen molar-refractivity contribution in [2.45, 2.75) is 32.5 Å². The Morgan fingerprint density at radius 3 is 2.30 bits per heavy atom. The molecular formula is C22H23F3N4O4. The molecule has 2 rings (SSSR count). The van der Waals surface area contributed by atoms with E-state index in [0.29, 0.717) is 5.69 Å². The molecule has 0 aliphatic heterocycles. The van der Waals surface area contributed by atoms with E-state index >= 15 is 0 Å². The number of ether oxygens (including phenoxy) is 1. The van der Waals surface area contributed by atoms with Gasteiger partial charge in [-0.2, -0.15) is 13.2 Å². The molecule has 0 fully saturated rings. The summed E-state index contributed by atoms with van der Waals surface area (Å²) < 4.78 is 42.2. The number of benzene rings is 1. The van der Waals surface area contributed by atoms with Crippen LogP contribution in [0.25, 0.3) is 0 Å². The van der Waals surface area contributed by atoms with Crippen LogP contribution in [0, 0.1) is 5.41 Å². The van der Waals surface area contributed by atoms with Gasteiger partial charge in [-0.15, -0.1) is 0 Å². The average Bonchev–Trinajstić information content (AvgIpc) is 2.70. The second-order valence-electron chi connectivity index (χ2n) is 7.54. The van der Waals surface area contributed by atoms with Gasteiger partial charge in [0.25, 0.3) is 11.8 Å². The minimum atomic E-state index is -4.58. The molecule has 11 heteroatoms. The van der Waals surface area contributed by atoms with Gasteiger partial charge in [-0.05, 0) is 51.1 Å². The maximum Gasteiger partial charge on any atom is 0.422 e. The van der Waals surface area contributed by atoms with Crippen molar-refractivity contribution in [1.82, 2.24) is 4.98 Å². The van der Waals surface area contributed by atoms with Crippen molar-refractivity contribution in [3.05, 3.63) is 59.9 Å². The molecular weight excluding hydrogens is 441 g/mol. The molecule has 2 aromatic rings. The van der Waals surface area contributed by atoms with Crippen LogP contribution in [0.3, 0.4) is 0 Å². The van der Waals surface area contributed by atoms with Gasteiger partial charge in [0.2, 0.25) is 0 Å². The number of para-hydroxylation sites is 2. The molecule has 33 heavy (non-hydrogen) atoms. The highest BCUT2D eigenvalue weighted by Crippen LogP contribution is 2.27. The lowest BCUT2D eigenvalue weighted by atomic mass is 10.1. The molecule has 0 unspecified atom stereocenters. The van der Waals surface area contributed by atoms with E-state index in [-0.39, 0.29) is 22.8 Å². The topological polar surface area (TPSA) is 124 Å². The third kappa shape index (κ3) is 8.04. The van der Waals surface area contributed by atoms with Gasteiger partial charge in [0.1, 0.15) is 16.9 Å². The van der Waals surface area contributed by atoms with Crippen LogP contribution in [0.2, 0.25) is 0 Å². The summed E-state index contributed by atoms with van der Waals surface area (Å²) in [6, 6.07) is 8.42. The number of nitrogens with one attached hydrogen (secondary N) is 3. The molecule has 0 saturated carbocycles. The number of hydrogen-bond acceptors (Lipinski definition) is 6. The highest BCUT2D eigenvalue weighted by atomic mass is 19.4. The summed E-state index contributed by atoms with van der Waals surface area (Å²) in [7, 11) is 0. The van der Waals surface area contributed by atoms with Crippen LogP contribution in [-0.4, -0.2) is 40.4 Å². The molecule has 0 bridgehead atoms. The predicted octanol–water partition coefficient (Wildman–Crippen LogP) is 3.79. The quantitative estimate of drug-likeness (QED) is 0.205. The summed E-state index contributed by atoms with van der Waals surface area (Å²) in [4.78, 5) is 29.5. The third-order valence-electron chi connectivity index (χ3n) is 4.02. The van der Waals surface area contributed by atoms with Crippen LogP contribution in [0.5, 0.6) is 5.75 Å². The summed E-state index contributed by atoms with van der Waals surface area (Å²) in [6.07, 6.45) is -2.27. The molecule has 1 aromatic heterocycles. The van der Waals surface area contributed by atoms with Crippen molar-refractivity contribution in [2.24, 2.45) is 0 Å². The maximum atomic E-state index is 12.8. The number of alkyl halides is 3. The van der Waals surface area contributed by atoms with Crippen molar-refractivity contribution in [2.75, 3.05) is 17.2 Å². The molecule has 0 spiro atoms. The summed E-state index contributed by atoms with van der Waals surface area (Å²) in [6.45, 7) is 2.88. The number of aliphatic hydroxyl groups is 1. The van der Waals surface area contributed by atoms with Gasteiger partial charge < -0.3 is 25.9 Å². The highest BCUT2D eigenvalue weighted by Gasteiger charge is 2.29. The van der Waals surface area contributed by atoms with Crippen LogP contribution in [-0.2, 0) is 15.2 Å². The normalized spacial score (nSPS) is 12.2. The van der Waals surface area contributed by atoms with Crippen LogP contribution >= 0.6 is 0 Å². The Kier molecular flexibility index (Phi) is 7.94. The van der Waals surface area contributed by atoms with Gasteiger partial charge in [-0.25, -0.2) is 0 Å². The van der Waals surface area contributed by atoms with Gasteiger partial charge in [-0.1, -0.05) is 12.1 Å². The number of aromatic nitrogens is 1. The number of nitrogens with zero attached hydrogens (tertiary/aromatic N) is 1. The van der Waals surface area contributed by atoms with E-state index in [0.717, 1.165) is 6.08 Å². The highest BCUT2D eigenvalue weighted by molar-refractivity contribution is 6.28. The Morgan fingerprint density at radius 2 is 1.76 bits per heavy atom. The van der Waals surface area contributed by atoms with Gasteiger partial charge >= 0.3 is 6.18 Å². The van der Waals surface area contributed by atoms with E-state index in [1.165, 1.54) is 49.5 Å². The number of hydrogen-bond donors (Lipinski definition) is 4. The molecule has 2 amide bonds. The first kappa shape index (κ1) is 25.5. The van der Waals surface area contributed by atoms with E-state index in [9.17, 15) is 27.9 Å². The van der Waals surface area contributed by atoms with E-state index in [1.807, 2.05) is 0 Å². The average molecular weight is 464 g/mol. The summed E-state index contributed by atoms with van der Waals surface area (Å²) in [5.41, 5.74) is -1.24. The number of carbonyl (C=O) groups is 2. The van der Waals surface area contributed by atoms with E-state index < -0.39 is 35.8 Å². The fraction of sp³-hybridized carbons (Fsp3) is 0.273. The smallest absolute Gasteiger partial charge is 0.422 e. The Bertz CT molecular complexity index is 1060. The standard InChI is InChI=1S/C22H23F3N4O4/c1-13(26)10-15(19(30)28-14-8-9-18(27-11-14)21(2,3)32)20(31)29-16-6-4-5-7-17(16)33-12-22(23,24)25/h4-11,26,32H,12H2,1-3H3,(H,28,30)(H,29,31)/b15-10-,26-13?. The van der Waals surface area contributed by atoms with Gasteiger partial charge in [0.15, 0.2) is 6.61 Å². The van der Waals surface area contributed by atoms with Crippen molar-refractivity contribution < 1.29 is 32.6 Å². The summed E-state index contributed by atoms with van der Waals surface area (Å²) in [5.74, 6) is -2.06. The number of anilines is 2. The minimum absolute atomic E-state index is 0.0794. The Labute approximate surface area is 188 Å². The van der Waals surface area contributed by atoms with Crippen molar-refractivity contribution in [3.8, 4) is 5.75 Å². The van der Waals surface area contributed by atoms with Gasteiger partial charge in [0, 0.05) is 5.71 Å². The Hall–Kier alpha value is -3.73. The predicted molar refractivity (Wildman–Crippen MR) is 116 cm³/mol. The fourth-order valence-corrected chi connectivity index (χ4v) is 2.52. The van der Waals surface area contributed by atoms with Crippen molar-refractivity contribution >= 4 is 28.9 Å². The zero-order valence-electron chi connectivity index (χ0n) is 18.1. The molecule has 176 valence electrons. The Balaban J connectivity index is 2.21. The van der Waals surface area contributed by atoms with Crippen LogP contribution in [0.1, 0.15) is 26.5 Å². The SMILES string of the molecule is CC(=N)/C=C(/C(=O)Nc1ccc(C(C)(C)O)nc1)C(=O)Nc1ccccc1OCC(F)(F)F. The summed E-state index contributed by atoms with van der Waals surface area (Å²) in [5, 5.41) is 22.4. The molecule has 0 aliphatic carbocycles. The van der Waals surface area contributed by atoms with E-state index in [4.69, 9.17) is 10.1 Å². The van der Waals surface area contributed by atoms with Gasteiger partial charge in [-0.3, -0.25) is 14.6 Å². The molecule has 4 N–H and O–H groups in total. The molecule has 0 aliphatic rings. The molecule has 1 aromatic carbocycles. The largest absolute Gasteiger partial charge is 0.482 e. The zero-order chi connectivity index (χ0) is 24.8. The second kappa shape index (κ2) is 10.3. The van der Waals surface area contributed by atoms with Crippen LogP contribution in [0.4, 0.5) is 24.5 Å². The van der Waals surface area contributed by atoms with Crippen LogP contribution < -0.4 is 15.4 Å². The molecule has 0 saturated heterocycles. The zero-order valence-corrected chi connectivity index (χ0v) is 18.1. The Morgan fingerprint density at radius 1 is 1.12 bits per heavy atom. The monoisotopic (exact) mass is 464 g/mol. The van der Waals surface area contributed by atoms with Gasteiger partial charge in [0.05, 0.1) is 23.3 Å². The minimum Gasteiger partial charge on any atom is -0.482 e. The number of amides is 2. The molecule has 0 radical (unpaired) electrons. The first-order valence-corrected chi connectivity index (χ1v) is 9.63. The molecule has 0 atom stereocenters. The fourth-order valence-electron chi connectivity index (χ4n) is 2.52. The molecule has 1 heterocycles. The van der Waals surface area contributed by atoms with Crippen molar-refractivity contribution in [1.29, 1.82) is 5.41 Å². The second-order valence-corrected chi connectivity index (χ2v) is 7.54. The third-order valence-corrected chi connectivity index (χ3v) is 4.02. The number of pyridine rings is 1. The van der Waals surface area contributed by atoms with E-state index in [1.54, 1.807) is 13.8 Å². The lowest BCUT2D eigenvalue weighted by Crippen LogP contribution is -2.27. The maximum absolute atomic E-state index is 12.8. The first-order chi connectivity index (χ1) is 15.3. The number of allylic oxidation sites excluding steroid dienone is 1. The number of rotatable bonds is 8. The first-order valence-electron chi connectivity index (χ1n) is 9.63. The lowest BCUT2D eigenvalue weighted by Gasteiger charge is -2.17.